The molecule has 3 unspecified atom stereocenters. The summed E-state index contributed by atoms with van der Waals surface area (Å²) in [6.45, 7) is 5.21. The zero-order chi connectivity index (χ0) is 26.7. The van der Waals surface area contributed by atoms with E-state index < -0.39 is 6.10 Å². The lowest BCUT2D eigenvalue weighted by atomic mass is 9.84. The maximum atomic E-state index is 12.8. The summed E-state index contributed by atoms with van der Waals surface area (Å²) in [6.07, 6.45) is 12.5. The average Bonchev–Trinajstić information content (AvgIpc) is 3.61. The molecule has 2 saturated heterocycles. The summed E-state index contributed by atoms with van der Waals surface area (Å²) in [4.78, 5) is 40.0. The van der Waals surface area contributed by atoms with Crippen molar-refractivity contribution >= 4 is 34.3 Å². The molecule has 2 aliphatic heterocycles. The Morgan fingerprint density at radius 1 is 1.21 bits per heavy atom. The van der Waals surface area contributed by atoms with Crippen LogP contribution in [0.2, 0.25) is 0 Å². The summed E-state index contributed by atoms with van der Waals surface area (Å²) in [5.74, 6) is 1.01. The van der Waals surface area contributed by atoms with E-state index in [9.17, 15) is 14.7 Å². The molecule has 0 aromatic carbocycles. The van der Waals surface area contributed by atoms with E-state index in [1.54, 1.807) is 16.9 Å². The van der Waals surface area contributed by atoms with Gasteiger partial charge in [-0.25, -0.2) is 9.97 Å². The van der Waals surface area contributed by atoms with Crippen molar-refractivity contribution in [2.45, 2.75) is 77.0 Å². The molecule has 1 amide bonds. The van der Waals surface area contributed by atoms with Gasteiger partial charge in [0.25, 0.3) is 5.91 Å². The number of imidazole rings is 1. The average molecular weight is 516 g/mol. The first-order valence-electron chi connectivity index (χ1n) is 13.3. The highest BCUT2D eigenvalue weighted by Gasteiger charge is 2.45. The molecular formula is C28H33N7O3. The number of aliphatic hydroxyl groups is 1. The highest BCUT2D eigenvalue weighted by atomic mass is 16.3. The lowest BCUT2D eigenvalue weighted by Gasteiger charge is -2.39. The summed E-state index contributed by atoms with van der Waals surface area (Å²) >= 11 is 0. The van der Waals surface area contributed by atoms with Gasteiger partial charge in [-0.1, -0.05) is 19.1 Å². The van der Waals surface area contributed by atoms with Crippen LogP contribution in [0.25, 0.3) is 16.8 Å². The van der Waals surface area contributed by atoms with Crippen molar-refractivity contribution in [2.75, 3.05) is 5.73 Å². The lowest BCUT2D eigenvalue weighted by molar-refractivity contribution is -0.144. The highest BCUT2D eigenvalue weighted by Crippen LogP contribution is 2.45. The number of ketones is 1. The van der Waals surface area contributed by atoms with Crippen LogP contribution >= 0.6 is 0 Å². The summed E-state index contributed by atoms with van der Waals surface area (Å²) < 4.78 is 1.58. The van der Waals surface area contributed by atoms with Gasteiger partial charge in [0, 0.05) is 36.0 Å². The number of hydrogen-bond donors (Lipinski definition) is 3. The number of hydrogen-bond acceptors (Lipinski definition) is 7. The number of nitrogens with zero attached hydrogens (tertiary/aromatic N) is 5. The third-order valence-electron chi connectivity index (χ3n) is 8.43. The smallest absolute Gasteiger partial charge is 0.251 e. The van der Waals surface area contributed by atoms with E-state index in [2.05, 4.69) is 34.1 Å². The molecule has 5 heterocycles. The van der Waals surface area contributed by atoms with Crippen LogP contribution in [0.15, 0.2) is 30.7 Å². The Hall–Kier alpha value is -3.79. The first-order chi connectivity index (χ1) is 18.2. The zero-order valence-electron chi connectivity index (χ0n) is 21.9. The third-order valence-corrected chi connectivity index (χ3v) is 8.43. The number of nitrogens with one attached hydrogen (secondary N) is 1. The second-order valence-corrected chi connectivity index (χ2v) is 10.9. The molecule has 2 fully saturated rings. The fraction of sp³-hybridized carbons (Fsp3) is 0.464. The molecule has 198 valence electrons. The number of aliphatic hydroxyl groups excluding tert-OH is 1. The number of nitrogens with two attached hydrogens (primary N) is 1. The number of anilines is 1. The second kappa shape index (κ2) is 9.20. The predicted molar refractivity (Wildman–Crippen MR) is 143 cm³/mol. The molecule has 10 nitrogen and oxygen atoms in total. The van der Waals surface area contributed by atoms with Crippen molar-refractivity contribution in [3.63, 3.8) is 0 Å². The number of carbonyl (C=O) groups is 2. The fourth-order valence-corrected chi connectivity index (χ4v) is 6.70. The number of rotatable bonds is 5. The van der Waals surface area contributed by atoms with Gasteiger partial charge in [0.05, 0.1) is 17.5 Å². The minimum atomic E-state index is -1.02. The van der Waals surface area contributed by atoms with Crippen molar-refractivity contribution in [2.24, 2.45) is 5.92 Å². The van der Waals surface area contributed by atoms with Crippen LogP contribution in [-0.4, -0.2) is 64.5 Å². The molecule has 0 radical (unpaired) electrons. The quantitative estimate of drug-likeness (QED) is 0.442. The first-order valence-corrected chi connectivity index (χ1v) is 13.3. The summed E-state index contributed by atoms with van der Waals surface area (Å²) in [5, 5.41) is 14.5. The molecule has 2 bridgehead atoms. The molecule has 0 saturated carbocycles. The molecule has 3 aromatic heterocycles. The predicted octanol–water partition coefficient (Wildman–Crippen LogP) is 3.36. The number of allylic oxidation sites excluding steroid dienone is 4. The Morgan fingerprint density at radius 3 is 2.55 bits per heavy atom. The third kappa shape index (κ3) is 3.86. The Morgan fingerprint density at radius 2 is 1.95 bits per heavy atom. The largest absolute Gasteiger partial charge is 0.384 e. The van der Waals surface area contributed by atoms with Gasteiger partial charge >= 0.3 is 0 Å². The summed E-state index contributed by atoms with van der Waals surface area (Å²) in [6, 6.07) is 0.0473. The normalized spacial score (nSPS) is 25.8. The lowest BCUT2D eigenvalue weighted by Crippen LogP contribution is -2.49. The van der Waals surface area contributed by atoms with E-state index in [0.717, 1.165) is 41.8 Å². The van der Waals surface area contributed by atoms with Crippen molar-refractivity contribution in [3.8, 4) is 0 Å². The van der Waals surface area contributed by atoms with Crippen LogP contribution in [0, 0.1) is 5.92 Å². The van der Waals surface area contributed by atoms with Crippen LogP contribution in [0.4, 0.5) is 5.82 Å². The molecule has 4 atom stereocenters. The molecule has 1 aliphatic carbocycles. The Kier molecular flexibility index (Phi) is 5.94. The van der Waals surface area contributed by atoms with E-state index in [0.29, 0.717) is 35.6 Å². The zero-order valence-corrected chi connectivity index (χ0v) is 21.9. The van der Waals surface area contributed by atoms with E-state index in [-0.39, 0.29) is 35.6 Å². The number of piperidine rings is 1. The maximum Gasteiger partial charge on any atom is 0.251 e. The molecule has 38 heavy (non-hydrogen) atoms. The molecule has 3 aromatic rings. The number of aromatic nitrogens is 5. The SMILES string of the molecule is CC(=O)c1c(C2CC3CCC(C2)N3C(=O)[C@@H](C)O)nc2c(C3=CC=C(c4ncc[nH]4)CC3C)cnn2c1N. The minimum Gasteiger partial charge on any atom is -0.384 e. The number of aromatic amines is 1. The van der Waals surface area contributed by atoms with Gasteiger partial charge in [0.2, 0.25) is 0 Å². The van der Waals surface area contributed by atoms with Crippen molar-refractivity contribution < 1.29 is 14.7 Å². The van der Waals surface area contributed by atoms with E-state index >= 15 is 0 Å². The standard InChI is InChI=1S/C28H33N7O3/c1-14-10-17(26-30-8-9-31-26)4-7-21(14)22-13-32-35-25(29)23(15(2)36)24(33-27(22)35)18-11-19-5-6-20(12-18)34(19)28(38)16(3)37/h4,7-9,13-14,16,18-20,37H,5-6,10-12,29H2,1-3H3,(H,30,31)/t14?,16-,18?,19?,20?/m1/s1. The molecule has 3 aliphatic rings. The van der Waals surface area contributed by atoms with Gasteiger partial charge in [-0.05, 0) is 63.0 Å². The van der Waals surface area contributed by atoms with Crippen molar-refractivity contribution in [1.29, 1.82) is 0 Å². The molecule has 0 spiro atoms. The number of Topliss-reactive ketones (excluding diaryl/α,β-unsaturated/α-hetero) is 1. The topological polar surface area (TPSA) is 142 Å². The Bertz CT molecular complexity index is 1470. The van der Waals surface area contributed by atoms with Gasteiger partial charge in [0.15, 0.2) is 11.4 Å². The fourth-order valence-electron chi connectivity index (χ4n) is 6.70. The number of carbonyl (C=O) groups excluding carboxylic acids is 2. The second-order valence-electron chi connectivity index (χ2n) is 10.9. The van der Waals surface area contributed by atoms with Gasteiger partial charge in [0.1, 0.15) is 17.7 Å². The van der Waals surface area contributed by atoms with Crippen LogP contribution in [0.3, 0.4) is 0 Å². The number of H-pyrrole nitrogens is 1. The monoisotopic (exact) mass is 515 g/mol. The summed E-state index contributed by atoms with van der Waals surface area (Å²) in [5.41, 5.74) is 11.5. The Balaban J connectivity index is 1.41. The van der Waals surface area contributed by atoms with Crippen LogP contribution in [0.1, 0.15) is 86.2 Å². The first kappa shape index (κ1) is 24.5. The molecule has 10 heteroatoms. The van der Waals surface area contributed by atoms with E-state index in [1.165, 1.54) is 13.8 Å². The van der Waals surface area contributed by atoms with Crippen molar-refractivity contribution in [1.82, 2.24) is 29.5 Å². The minimum absolute atomic E-state index is 0.0114. The Labute approximate surface area is 220 Å². The molecule has 6 rings (SSSR count). The number of fused-ring (bicyclic) bond motifs is 3. The number of amides is 1. The molecule has 4 N–H and O–H groups in total. The number of nitrogen functional groups attached to an aromatic ring is 1. The van der Waals surface area contributed by atoms with Gasteiger partial charge in [-0.2, -0.15) is 9.61 Å². The molecular weight excluding hydrogens is 482 g/mol. The summed E-state index contributed by atoms with van der Waals surface area (Å²) in [7, 11) is 0. The maximum absolute atomic E-state index is 12.8. The van der Waals surface area contributed by atoms with Crippen LogP contribution < -0.4 is 5.73 Å². The van der Waals surface area contributed by atoms with Gasteiger partial charge in [-0.3, -0.25) is 9.59 Å². The van der Waals surface area contributed by atoms with Crippen molar-refractivity contribution in [3.05, 3.63) is 53.4 Å². The van der Waals surface area contributed by atoms with Gasteiger partial charge in [-0.15, -0.1) is 0 Å². The van der Waals surface area contributed by atoms with Gasteiger partial charge < -0.3 is 20.7 Å². The van der Waals surface area contributed by atoms with E-state index in [1.807, 2.05) is 11.1 Å². The van der Waals surface area contributed by atoms with E-state index in [4.69, 9.17) is 10.7 Å². The van der Waals surface area contributed by atoms with Crippen LogP contribution in [0.5, 0.6) is 0 Å². The highest BCUT2D eigenvalue weighted by molar-refractivity contribution is 6.00. The van der Waals surface area contributed by atoms with Crippen LogP contribution in [-0.2, 0) is 4.79 Å².